The van der Waals surface area contributed by atoms with Crippen molar-refractivity contribution in [2.45, 2.75) is 17.4 Å². The van der Waals surface area contributed by atoms with Crippen LogP contribution >= 0.6 is 0 Å². The minimum atomic E-state index is -3.13. The van der Waals surface area contributed by atoms with E-state index in [1.165, 1.54) is 0 Å². The fraction of sp³-hybridized carbons (Fsp3) is 0.500. The van der Waals surface area contributed by atoms with Crippen LogP contribution in [0.25, 0.3) is 0 Å². The van der Waals surface area contributed by atoms with Gasteiger partial charge in [-0.3, -0.25) is 4.21 Å². The van der Waals surface area contributed by atoms with Crippen LogP contribution in [0.5, 0.6) is 0 Å². The Hall–Kier alpha value is -0.720. The molecular formula is C12H17NO3S2. The van der Waals surface area contributed by atoms with Crippen LogP contribution in [-0.2, 0) is 20.6 Å². The summed E-state index contributed by atoms with van der Waals surface area (Å²) in [4.78, 5) is 0.446. The molecular weight excluding hydrogens is 270 g/mol. The largest absolute Gasteiger partial charge is 0.309 e. The second-order valence-corrected chi connectivity index (χ2v) is 8.01. The van der Waals surface area contributed by atoms with Crippen molar-refractivity contribution >= 4 is 20.6 Å². The molecule has 2 rings (SSSR count). The molecule has 0 aromatic heterocycles. The highest BCUT2D eigenvalue weighted by Crippen LogP contribution is 2.32. The minimum absolute atomic E-state index is 0.127. The normalized spacial score (nSPS) is 22.6. The van der Waals surface area contributed by atoms with E-state index < -0.39 is 20.6 Å². The van der Waals surface area contributed by atoms with E-state index in [1.807, 2.05) is 12.1 Å². The van der Waals surface area contributed by atoms with Gasteiger partial charge in [0.05, 0.1) is 10.6 Å². The molecule has 1 aliphatic heterocycles. The molecule has 1 heterocycles. The summed E-state index contributed by atoms with van der Waals surface area (Å²) < 4.78 is 34.8. The second-order valence-electron chi connectivity index (χ2n) is 4.46. The van der Waals surface area contributed by atoms with E-state index in [-0.39, 0.29) is 11.8 Å². The van der Waals surface area contributed by atoms with Gasteiger partial charge in [-0.05, 0) is 24.6 Å². The molecule has 2 unspecified atom stereocenters. The van der Waals surface area contributed by atoms with Crippen LogP contribution in [0.2, 0.25) is 0 Å². The quantitative estimate of drug-likeness (QED) is 0.816. The molecule has 1 N–H and O–H groups in total. The van der Waals surface area contributed by atoms with Crippen LogP contribution < -0.4 is 5.32 Å². The Bertz CT molecular complexity index is 554. The molecule has 6 heteroatoms. The Morgan fingerprint density at radius 3 is 2.83 bits per heavy atom. The van der Waals surface area contributed by atoms with E-state index in [4.69, 9.17) is 0 Å². The van der Waals surface area contributed by atoms with Crippen LogP contribution in [0.15, 0.2) is 29.2 Å². The van der Waals surface area contributed by atoms with Crippen molar-refractivity contribution in [3.05, 3.63) is 29.8 Å². The molecule has 0 aliphatic carbocycles. The van der Waals surface area contributed by atoms with Gasteiger partial charge in [0.1, 0.15) is 0 Å². The molecule has 100 valence electrons. The van der Waals surface area contributed by atoms with Gasteiger partial charge in [0.2, 0.25) is 0 Å². The molecule has 0 saturated heterocycles. The fourth-order valence-corrected chi connectivity index (χ4v) is 4.49. The molecule has 0 radical (unpaired) electrons. The average Bonchev–Trinajstić information content (AvgIpc) is 2.57. The zero-order valence-corrected chi connectivity index (χ0v) is 11.9. The number of fused-ring (bicyclic) bond motifs is 1. The van der Waals surface area contributed by atoms with E-state index in [9.17, 15) is 12.6 Å². The third-order valence-corrected chi connectivity index (χ3v) is 5.69. The monoisotopic (exact) mass is 287 g/mol. The summed E-state index contributed by atoms with van der Waals surface area (Å²) in [6, 6.07) is 6.99. The smallest absolute Gasteiger partial charge is 0.180 e. The van der Waals surface area contributed by atoms with Crippen LogP contribution in [0.4, 0.5) is 0 Å². The molecule has 0 bridgehead atoms. The van der Waals surface area contributed by atoms with Gasteiger partial charge in [0.15, 0.2) is 9.84 Å². The zero-order chi connectivity index (χ0) is 13.2. The van der Waals surface area contributed by atoms with Crippen LogP contribution in [0.3, 0.4) is 0 Å². The molecule has 18 heavy (non-hydrogen) atoms. The molecule has 2 atom stereocenters. The van der Waals surface area contributed by atoms with E-state index in [1.54, 1.807) is 18.4 Å². The van der Waals surface area contributed by atoms with Gasteiger partial charge in [0.25, 0.3) is 0 Å². The highest BCUT2D eigenvalue weighted by Gasteiger charge is 2.33. The van der Waals surface area contributed by atoms with Gasteiger partial charge in [-0.2, -0.15) is 0 Å². The van der Waals surface area contributed by atoms with Crippen LogP contribution in [0.1, 0.15) is 18.0 Å². The summed E-state index contributed by atoms with van der Waals surface area (Å²) in [5.41, 5.74) is 0.857. The third-order valence-electron chi connectivity index (χ3n) is 3.01. The molecule has 1 aliphatic rings. The first kappa shape index (κ1) is 13.7. The van der Waals surface area contributed by atoms with Gasteiger partial charge < -0.3 is 5.32 Å². The Kier molecular flexibility index (Phi) is 4.19. The summed E-state index contributed by atoms with van der Waals surface area (Å²) in [5, 5.41) is 3.24. The molecule has 0 saturated carbocycles. The molecule has 1 aromatic rings. The Balaban J connectivity index is 2.02. The number of sulfone groups is 1. The highest BCUT2D eigenvalue weighted by molar-refractivity contribution is 7.91. The van der Waals surface area contributed by atoms with Gasteiger partial charge >= 0.3 is 0 Å². The lowest BCUT2D eigenvalue weighted by molar-refractivity contribution is 0.564. The third kappa shape index (κ3) is 2.99. The number of hydrogen-bond acceptors (Lipinski definition) is 4. The zero-order valence-electron chi connectivity index (χ0n) is 10.3. The lowest BCUT2D eigenvalue weighted by Crippen LogP contribution is -2.24. The van der Waals surface area contributed by atoms with Crippen molar-refractivity contribution in [2.24, 2.45) is 0 Å². The summed E-state index contributed by atoms with van der Waals surface area (Å²) in [6.45, 7) is 0.689. The standard InChI is InChI=1S/C12H17NO3S2/c1-17(14)8-4-7-13-11-9-18(15,16)12-6-3-2-5-10(11)12/h2-3,5-6,11,13H,4,7-9H2,1H3. The predicted molar refractivity (Wildman–Crippen MR) is 72.8 cm³/mol. The maximum absolute atomic E-state index is 11.9. The van der Waals surface area contributed by atoms with Crippen molar-refractivity contribution in [3.63, 3.8) is 0 Å². The van der Waals surface area contributed by atoms with Crippen molar-refractivity contribution in [2.75, 3.05) is 24.3 Å². The molecule has 0 fully saturated rings. The first-order valence-electron chi connectivity index (χ1n) is 5.86. The van der Waals surface area contributed by atoms with Crippen LogP contribution in [-0.4, -0.2) is 36.9 Å². The van der Waals surface area contributed by atoms with Crippen molar-refractivity contribution in [3.8, 4) is 0 Å². The van der Waals surface area contributed by atoms with Crippen molar-refractivity contribution in [1.29, 1.82) is 0 Å². The Labute approximate surface area is 110 Å². The van der Waals surface area contributed by atoms with E-state index in [2.05, 4.69) is 5.32 Å². The van der Waals surface area contributed by atoms with Crippen molar-refractivity contribution in [1.82, 2.24) is 5.32 Å². The Morgan fingerprint density at radius 1 is 1.39 bits per heavy atom. The van der Waals surface area contributed by atoms with E-state index >= 15 is 0 Å². The van der Waals surface area contributed by atoms with E-state index in [0.717, 1.165) is 12.0 Å². The predicted octanol–water partition coefficient (Wildman–Crippen LogP) is 0.873. The highest BCUT2D eigenvalue weighted by atomic mass is 32.2. The van der Waals surface area contributed by atoms with Gasteiger partial charge in [0, 0.05) is 28.9 Å². The summed E-state index contributed by atoms with van der Waals surface area (Å²) in [5.74, 6) is 0.773. The summed E-state index contributed by atoms with van der Waals surface area (Å²) >= 11 is 0. The number of nitrogens with one attached hydrogen (secondary N) is 1. The van der Waals surface area contributed by atoms with Gasteiger partial charge in [-0.1, -0.05) is 18.2 Å². The van der Waals surface area contributed by atoms with E-state index in [0.29, 0.717) is 17.2 Å². The summed E-state index contributed by atoms with van der Waals surface area (Å²) in [7, 11) is -3.92. The molecule has 0 spiro atoms. The molecule has 0 amide bonds. The lowest BCUT2D eigenvalue weighted by atomic mass is 10.1. The average molecular weight is 287 g/mol. The first-order chi connectivity index (χ1) is 8.50. The maximum atomic E-state index is 11.9. The number of benzene rings is 1. The Morgan fingerprint density at radius 2 is 2.11 bits per heavy atom. The van der Waals surface area contributed by atoms with Crippen molar-refractivity contribution < 1.29 is 12.6 Å². The summed E-state index contributed by atoms with van der Waals surface area (Å²) in [6.07, 6.45) is 2.47. The van der Waals surface area contributed by atoms with Crippen LogP contribution in [0, 0.1) is 0 Å². The SMILES string of the molecule is CS(=O)CCCNC1CS(=O)(=O)c2ccccc21. The molecule has 1 aromatic carbocycles. The first-order valence-corrected chi connectivity index (χ1v) is 9.24. The second kappa shape index (κ2) is 5.50. The minimum Gasteiger partial charge on any atom is -0.309 e. The fourth-order valence-electron chi connectivity index (χ4n) is 2.17. The number of rotatable bonds is 5. The van der Waals surface area contributed by atoms with Gasteiger partial charge in [-0.15, -0.1) is 0 Å². The molecule has 4 nitrogen and oxygen atoms in total. The topological polar surface area (TPSA) is 63.2 Å². The lowest BCUT2D eigenvalue weighted by Gasteiger charge is -2.11. The number of hydrogen-bond donors (Lipinski definition) is 1. The maximum Gasteiger partial charge on any atom is 0.180 e. The van der Waals surface area contributed by atoms with Gasteiger partial charge in [-0.25, -0.2) is 8.42 Å².